The van der Waals surface area contributed by atoms with Crippen LogP contribution in [0.5, 0.6) is 5.75 Å². The lowest BCUT2D eigenvalue weighted by molar-refractivity contribution is -0.171. The molecule has 0 saturated heterocycles. The maximum atomic E-state index is 13.6. The van der Waals surface area contributed by atoms with Crippen molar-refractivity contribution < 1.29 is 57.8 Å². The van der Waals surface area contributed by atoms with Crippen molar-refractivity contribution in [2.45, 2.75) is 71.4 Å². The number of nitrogens with zero attached hydrogens (tertiary/aromatic N) is 3. The standard InChI is InChI=1S/C40H46N6O12/c1-4-7-8-10-28(31(5-2)46(24-47)58-40(55)25-11-14-27(15-12-25)45-20-9-19-43-45)36(50)41-23-42-38(52)33-18-17-32(57-33)26-13-16-29(34(21-26)56-6-3)37(51)44-30(39(53)54)22-35(48)49/h9,11-21,24,28,30-31H,4-8,10,22-23H2,1-3H3,(H,41,50)(H,42,52)(H,44,51)(H,48,49)(H,53,54)/t28?,30?,31-/m1/s1. The number of ether oxygens (including phenoxy) is 1. The molecule has 0 bridgehead atoms. The molecule has 0 aliphatic heterocycles. The number of carboxylic acids is 2. The number of nitrogens with one attached hydrogen (secondary N) is 3. The Kier molecular flexibility index (Phi) is 16.1. The highest BCUT2D eigenvalue weighted by atomic mass is 16.7. The van der Waals surface area contributed by atoms with Gasteiger partial charge in [-0.1, -0.05) is 39.2 Å². The van der Waals surface area contributed by atoms with Crippen LogP contribution in [0.3, 0.4) is 0 Å². The summed E-state index contributed by atoms with van der Waals surface area (Å²) in [6.45, 7) is 5.28. The zero-order chi connectivity index (χ0) is 42.2. The Morgan fingerprint density at radius 2 is 1.71 bits per heavy atom. The smallest absolute Gasteiger partial charge is 0.363 e. The number of hydrogen-bond acceptors (Lipinski definition) is 11. The van der Waals surface area contributed by atoms with E-state index in [4.69, 9.17) is 19.1 Å². The lowest BCUT2D eigenvalue weighted by Crippen LogP contribution is -2.49. The van der Waals surface area contributed by atoms with Crippen LogP contribution in [0, 0.1) is 5.92 Å². The summed E-state index contributed by atoms with van der Waals surface area (Å²) in [6.07, 6.45) is 5.93. The number of furan rings is 1. The largest absolute Gasteiger partial charge is 0.493 e. The van der Waals surface area contributed by atoms with Crippen LogP contribution >= 0.6 is 0 Å². The van der Waals surface area contributed by atoms with Gasteiger partial charge in [-0.25, -0.2) is 14.3 Å². The van der Waals surface area contributed by atoms with Gasteiger partial charge >= 0.3 is 17.9 Å². The first-order valence-electron chi connectivity index (χ1n) is 18.6. The van der Waals surface area contributed by atoms with Crippen LogP contribution in [-0.2, 0) is 24.0 Å². The number of carbonyl (C=O) groups excluding carboxylic acids is 5. The molecule has 3 atom stereocenters. The first-order valence-corrected chi connectivity index (χ1v) is 18.6. The fraction of sp³-hybridized carbons (Fsp3) is 0.350. The minimum atomic E-state index is -1.67. The number of carbonyl (C=O) groups is 7. The van der Waals surface area contributed by atoms with E-state index in [1.807, 2.05) is 6.92 Å². The van der Waals surface area contributed by atoms with Gasteiger partial charge in [-0.3, -0.25) is 24.0 Å². The van der Waals surface area contributed by atoms with Gasteiger partial charge in [0.25, 0.3) is 11.8 Å². The van der Waals surface area contributed by atoms with Crippen molar-refractivity contribution in [3.05, 3.63) is 89.9 Å². The molecule has 0 radical (unpaired) electrons. The second-order valence-electron chi connectivity index (χ2n) is 12.9. The summed E-state index contributed by atoms with van der Waals surface area (Å²) < 4.78 is 13.0. The topological polar surface area (TPSA) is 249 Å². The molecule has 0 saturated carbocycles. The molecule has 4 aromatic rings. The first kappa shape index (κ1) is 43.7. The number of carboxylic acid groups (broad SMARTS) is 2. The molecule has 0 aliphatic carbocycles. The average molecular weight is 803 g/mol. The van der Waals surface area contributed by atoms with Crippen molar-refractivity contribution >= 4 is 42.0 Å². The minimum absolute atomic E-state index is 0.0492. The monoisotopic (exact) mass is 802 g/mol. The minimum Gasteiger partial charge on any atom is -0.493 e. The number of aromatic nitrogens is 2. The lowest BCUT2D eigenvalue weighted by Gasteiger charge is -2.31. The average Bonchev–Trinajstić information content (AvgIpc) is 3.94. The number of benzene rings is 2. The van der Waals surface area contributed by atoms with Crippen molar-refractivity contribution in [3.8, 4) is 22.8 Å². The number of amides is 4. The molecule has 2 aromatic heterocycles. The molecule has 0 spiro atoms. The van der Waals surface area contributed by atoms with Gasteiger partial charge in [0.2, 0.25) is 12.3 Å². The molecule has 58 heavy (non-hydrogen) atoms. The van der Waals surface area contributed by atoms with Crippen molar-refractivity contribution in [3.63, 3.8) is 0 Å². The normalized spacial score (nSPS) is 12.3. The predicted octanol–water partition coefficient (Wildman–Crippen LogP) is 4.20. The summed E-state index contributed by atoms with van der Waals surface area (Å²) in [7, 11) is 0. The van der Waals surface area contributed by atoms with Gasteiger partial charge in [0.15, 0.2) is 5.76 Å². The Morgan fingerprint density at radius 3 is 2.33 bits per heavy atom. The maximum absolute atomic E-state index is 13.6. The molecule has 2 aromatic carbocycles. The van der Waals surface area contributed by atoms with Crippen LogP contribution in [0.2, 0.25) is 0 Å². The third-order valence-corrected chi connectivity index (χ3v) is 8.96. The van der Waals surface area contributed by atoms with E-state index in [2.05, 4.69) is 21.0 Å². The van der Waals surface area contributed by atoms with Gasteiger partial charge in [-0.15, -0.1) is 0 Å². The first-order chi connectivity index (χ1) is 27.9. The van der Waals surface area contributed by atoms with Crippen molar-refractivity contribution in [1.82, 2.24) is 30.8 Å². The van der Waals surface area contributed by atoms with Crippen molar-refractivity contribution in [2.75, 3.05) is 13.3 Å². The van der Waals surface area contributed by atoms with E-state index in [0.717, 1.165) is 17.9 Å². The highest BCUT2D eigenvalue weighted by Crippen LogP contribution is 2.29. The Bertz CT molecular complexity index is 2050. The van der Waals surface area contributed by atoms with Gasteiger partial charge in [-0.2, -0.15) is 10.2 Å². The third kappa shape index (κ3) is 11.8. The molecule has 2 unspecified atom stereocenters. The van der Waals surface area contributed by atoms with Crippen molar-refractivity contribution in [2.24, 2.45) is 5.92 Å². The molecule has 5 N–H and O–H groups in total. The molecule has 0 aliphatic rings. The molecule has 4 amide bonds. The second kappa shape index (κ2) is 21.4. The highest BCUT2D eigenvalue weighted by Gasteiger charge is 2.34. The molecular formula is C40H46N6O12. The van der Waals surface area contributed by atoms with Gasteiger partial charge in [-0.05, 0) is 74.4 Å². The summed E-state index contributed by atoms with van der Waals surface area (Å²) in [6, 6.07) is 12.9. The van der Waals surface area contributed by atoms with E-state index in [-0.39, 0.29) is 48.1 Å². The summed E-state index contributed by atoms with van der Waals surface area (Å²) in [4.78, 5) is 92.9. The summed E-state index contributed by atoms with van der Waals surface area (Å²) in [5, 5.41) is 30.8. The van der Waals surface area contributed by atoms with E-state index in [1.54, 1.807) is 61.3 Å². The fourth-order valence-electron chi connectivity index (χ4n) is 6.04. The summed E-state index contributed by atoms with van der Waals surface area (Å²) >= 11 is 0. The van der Waals surface area contributed by atoms with E-state index in [1.165, 1.54) is 30.3 Å². The fourth-order valence-corrected chi connectivity index (χ4v) is 6.04. The number of unbranched alkanes of at least 4 members (excludes halogenated alkanes) is 2. The van der Waals surface area contributed by atoms with E-state index in [9.17, 15) is 38.7 Å². The molecule has 308 valence electrons. The Labute approximate surface area is 333 Å². The Balaban J connectivity index is 1.40. The second-order valence-corrected chi connectivity index (χ2v) is 12.9. The SMILES string of the molecule is CCCCCC(C(=O)NCNC(=O)c1ccc(-c2ccc(C(=O)NC(CC(=O)O)C(=O)O)c(OCC)c2)o1)[C@@H](CC)N(C=O)OC(=O)c1ccc(-n2cccn2)cc1. The zero-order valence-corrected chi connectivity index (χ0v) is 32.2. The maximum Gasteiger partial charge on any atom is 0.363 e. The highest BCUT2D eigenvalue weighted by molar-refractivity contribution is 6.00. The Hall–Kier alpha value is -6.98. The van der Waals surface area contributed by atoms with Crippen LogP contribution in [0.25, 0.3) is 17.0 Å². The number of hydroxylamine groups is 2. The predicted molar refractivity (Wildman–Crippen MR) is 206 cm³/mol. The quantitative estimate of drug-likeness (QED) is 0.0306. The Morgan fingerprint density at radius 1 is 0.948 bits per heavy atom. The number of rotatable bonds is 23. The molecule has 2 heterocycles. The zero-order valence-electron chi connectivity index (χ0n) is 32.2. The van der Waals surface area contributed by atoms with Crippen LogP contribution in [0.15, 0.2) is 77.5 Å². The lowest BCUT2D eigenvalue weighted by atomic mass is 9.90. The van der Waals surface area contributed by atoms with Crippen LogP contribution in [-0.4, -0.2) is 92.5 Å². The van der Waals surface area contributed by atoms with E-state index in [0.29, 0.717) is 30.5 Å². The molecule has 18 heteroatoms. The van der Waals surface area contributed by atoms with Crippen LogP contribution < -0.4 is 20.7 Å². The van der Waals surface area contributed by atoms with Gasteiger partial charge in [0, 0.05) is 18.0 Å². The summed E-state index contributed by atoms with van der Waals surface area (Å²) in [5.41, 5.74) is 1.26. The van der Waals surface area contributed by atoms with Crippen LogP contribution in [0.4, 0.5) is 0 Å². The number of hydrogen-bond donors (Lipinski definition) is 5. The van der Waals surface area contributed by atoms with Crippen molar-refractivity contribution in [1.29, 1.82) is 0 Å². The molecule has 18 nitrogen and oxygen atoms in total. The third-order valence-electron chi connectivity index (χ3n) is 8.96. The molecule has 4 rings (SSSR count). The van der Waals surface area contributed by atoms with Gasteiger partial charge in [0.05, 0.1) is 48.5 Å². The van der Waals surface area contributed by atoms with E-state index < -0.39 is 60.1 Å². The van der Waals surface area contributed by atoms with E-state index >= 15 is 0 Å². The number of aliphatic carboxylic acids is 2. The summed E-state index contributed by atoms with van der Waals surface area (Å²) in [5.74, 6) is -6.33. The van der Waals surface area contributed by atoms with Gasteiger partial charge in [0.1, 0.15) is 17.6 Å². The molecular weight excluding hydrogens is 756 g/mol. The van der Waals surface area contributed by atoms with Crippen LogP contribution in [0.1, 0.15) is 90.6 Å². The molecule has 0 fully saturated rings. The van der Waals surface area contributed by atoms with Gasteiger partial charge < -0.3 is 40.2 Å².